The van der Waals surface area contributed by atoms with E-state index in [1.807, 2.05) is 48.5 Å². The van der Waals surface area contributed by atoms with Gasteiger partial charge in [-0.25, -0.2) is 4.39 Å². The molecule has 39 heavy (non-hydrogen) atoms. The van der Waals surface area contributed by atoms with Gasteiger partial charge in [-0.1, -0.05) is 74.5 Å². The predicted molar refractivity (Wildman–Crippen MR) is 153 cm³/mol. The summed E-state index contributed by atoms with van der Waals surface area (Å²) in [6.45, 7) is 4.86. The minimum Gasteiger partial charge on any atom is -0.348 e. The van der Waals surface area contributed by atoms with Crippen LogP contribution in [0.2, 0.25) is 0 Å². The summed E-state index contributed by atoms with van der Waals surface area (Å²) in [5.74, 6) is -0.692. The normalized spacial score (nSPS) is 16.5. The van der Waals surface area contributed by atoms with Crippen LogP contribution in [0.1, 0.15) is 57.7 Å². The Labute approximate surface area is 227 Å². The molecule has 4 aromatic carbocycles. The number of fused-ring (bicyclic) bond motifs is 5. The molecule has 0 saturated heterocycles. The van der Waals surface area contributed by atoms with Gasteiger partial charge in [-0.2, -0.15) is 0 Å². The van der Waals surface area contributed by atoms with Gasteiger partial charge in [0.2, 0.25) is 0 Å². The lowest BCUT2D eigenvalue weighted by Gasteiger charge is -2.34. The molecule has 2 aliphatic carbocycles. The fourth-order valence-corrected chi connectivity index (χ4v) is 6.04. The van der Waals surface area contributed by atoms with E-state index >= 15 is 0 Å². The number of carbonyl (C=O) groups is 2. The van der Waals surface area contributed by atoms with Crippen molar-refractivity contribution in [2.45, 2.75) is 38.6 Å². The highest BCUT2D eigenvalue weighted by atomic mass is 19.1. The van der Waals surface area contributed by atoms with E-state index in [0.29, 0.717) is 30.5 Å². The first kappa shape index (κ1) is 25.0. The van der Waals surface area contributed by atoms with E-state index < -0.39 is 0 Å². The highest BCUT2D eigenvalue weighted by molar-refractivity contribution is 6.01. The Hall–Kier alpha value is -4.31. The quantitative estimate of drug-likeness (QED) is 0.346. The van der Waals surface area contributed by atoms with Gasteiger partial charge in [0.25, 0.3) is 5.91 Å². The molecular weight excluding hydrogens is 485 g/mol. The minimum atomic E-state index is -0.344. The molecule has 194 valence electrons. The molecule has 1 unspecified atom stereocenters. The Kier molecular flexibility index (Phi) is 6.26. The van der Waals surface area contributed by atoms with Crippen molar-refractivity contribution < 1.29 is 14.0 Å². The average molecular weight is 516 g/mol. The monoisotopic (exact) mass is 515 g/mol. The summed E-state index contributed by atoms with van der Waals surface area (Å²) in [6.07, 6.45) is 5.74. The Morgan fingerprint density at radius 3 is 2.36 bits per heavy atom. The SMILES string of the molecule is CC1(C)CC(C(=O)c2ccc(F)cc2)C=c2c1ccc1c2=CCc2cc(C(=O)NCc3ccccc3)ccc2-1. The van der Waals surface area contributed by atoms with Crippen LogP contribution in [0.4, 0.5) is 4.39 Å². The van der Waals surface area contributed by atoms with Crippen LogP contribution >= 0.6 is 0 Å². The van der Waals surface area contributed by atoms with E-state index in [4.69, 9.17) is 0 Å². The van der Waals surface area contributed by atoms with Crippen LogP contribution in [0.5, 0.6) is 0 Å². The molecule has 0 bridgehead atoms. The summed E-state index contributed by atoms with van der Waals surface area (Å²) in [7, 11) is 0. The number of benzene rings is 4. The van der Waals surface area contributed by atoms with Gasteiger partial charge in [0.1, 0.15) is 5.82 Å². The Morgan fingerprint density at radius 2 is 1.59 bits per heavy atom. The summed E-state index contributed by atoms with van der Waals surface area (Å²) in [5, 5.41) is 5.27. The molecule has 1 N–H and O–H groups in total. The van der Waals surface area contributed by atoms with Crippen LogP contribution in [0.15, 0.2) is 84.9 Å². The van der Waals surface area contributed by atoms with Crippen molar-refractivity contribution in [1.29, 1.82) is 0 Å². The molecule has 3 nitrogen and oxygen atoms in total. The van der Waals surface area contributed by atoms with E-state index in [-0.39, 0.29) is 28.8 Å². The third-order valence-corrected chi connectivity index (χ3v) is 8.06. The zero-order valence-electron chi connectivity index (χ0n) is 22.1. The summed E-state index contributed by atoms with van der Waals surface area (Å²) in [5.41, 5.74) is 6.65. The van der Waals surface area contributed by atoms with Crippen molar-refractivity contribution in [3.05, 3.63) is 129 Å². The summed E-state index contributed by atoms with van der Waals surface area (Å²) in [6, 6.07) is 26.0. The number of hydrogen-bond donors (Lipinski definition) is 1. The fourth-order valence-electron chi connectivity index (χ4n) is 6.04. The molecule has 0 radical (unpaired) electrons. The lowest BCUT2D eigenvalue weighted by Crippen LogP contribution is -2.43. The van der Waals surface area contributed by atoms with Gasteiger partial charge in [0.05, 0.1) is 0 Å². The Morgan fingerprint density at radius 1 is 0.872 bits per heavy atom. The maximum Gasteiger partial charge on any atom is 0.251 e. The van der Waals surface area contributed by atoms with E-state index in [2.05, 4.69) is 43.4 Å². The van der Waals surface area contributed by atoms with Crippen LogP contribution in [0.25, 0.3) is 23.3 Å². The first-order valence-corrected chi connectivity index (χ1v) is 13.4. The molecule has 6 rings (SSSR count). The highest BCUT2D eigenvalue weighted by Crippen LogP contribution is 2.35. The lowest BCUT2D eigenvalue weighted by atomic mass is 9.69. The molecular formula is C35H30FNO2. The van der Waals surface area contributed by atoms with Gasteiger partial charge in [0.15, 0.2) is 5.78 Å². The minimum absolute atomic E-state index is 0.0219. The van der Waals surface area contributed by atoms with Gasteiger partial charge in [-0.05, 0) is 92.9 Å². The Bertz CT molecular complexity index is 1720. The summed E-state index contributed by atoms with van der Waals surface area (Å²) >= 11 is 0. The number of Topliss-reactive ketones (excluding diaryl/α,β-unsaturated/α-hetero) is 1. The number of carbonyl (C=O) groups excluding carboxylic acids is 2. The first-order valence-electron chi connectivity index (χ1n) is 13.4. The molecule has 2 aliphatic rings. The molecule has 0 aliphatic heterocycles. The molecule has 4 heteroatoms. The van der Waals surface area contributed by atoms with Crippen molar-refractivity contribution in [3.63, 3.8) is 0 Å². The third-order valence-electron chi connectivity index (χ3n) is 8.06. The van der Waals surface area contributed by atoms with Crippen molar-refractivity contribution in [2.75, 3.05) is 0 Å². The van der Waals surface area contributed by atoms with E-state index in [1.165, 1.54) is 17.7 Å². The van der Waals surface area contributed by atoms with E-state index in [9.17, 15) is 14.0 Å². The van der Waals surface area contributed by atoms with Crippen LogP contribution < -0.4 is 15.8 Å². The van der Waals surface area contributed by atoms with Gasteiger partial charge in [0, 0.05) is 23.6 Å². The zero-order valence-corrected chi connectivity index (χ0v) is 22.1. The van der Waals surface area contributed by atoms with Crippen LogP contribution in [-0.4, -0.2) is 11.7 Å². The van der Waals surface area contributed by atoms with Gasteiger partial charge < -0.3 is 5.32 Å². The molecule has 1 atom stereocenters. The second kappa shape index (κ2) is 9.77. The first-order chi connectivity index (χ1) is 18.8. The zero-order chi connectivity index (χ0) is 27.1. The van der Waals surface area contributed by atoms with Crippen LogP contribution in [0.3, 0.4) is 0 Å². The molecule has 0 spiro atoms. The van der Waals surface area contributed by atoms with E-state index in [0.717, 1.165) is 32.7 Å². The lowest BCUT2D eigenvalue weighted by molar-refractivity contribution is 0.0930. The predicted octanol–water partition coefficient (Wildman–Crippen LogP) is 5.72. The topological polar surface area (TPSA) is 46.2 Å². The van der Waals surface area contributed by atoms with Crippen LogP contribution in [-0.2, 0) is 18.4 Å². The molecule has 0 heterocycles. The van der Waals surface area contributed by atoms with Crippen molar-refractivity contribution >= 4 is 23.8 Å². The summed E-state index contributed by atoms with van der Waals surface area (Å²) < 4.78 is 13.5. The molecule has 4 aromatic rings. The van der Waals surface area contributed by atoms with Gasteiger partial charge in [-0.3, -0.25) is 9.59 Å². The average Bonchev–Trinajstić information content (AvgIpc) is 2.95. The fraction of sp³-hybridized carbons (Fsp3) is 0.200. The number of nitrogens with one attached hydrogen (secondary N) is 1. The Balaban J connectivity index is 1.34. The number of halogens is 1. The van der Waals surface area contributed by atoms with Crippen molar-refractivity contribution in [3.8, 4) is 11.1 Å². The number of ketones is 1. The smallest absolute Gasteiger partial charge is 0.251 e. The number of rotatable bonds is 5. The second-order valence-corrected chi connectivity index (χ2v) is 11.2. The summed E-state index contributed by atoms with van der Waals surface area (Å²) in [4.78, 5) is 26.3. The van der Waals surface area contributed by atoms with E-state index in [1.54, 1.807) is 12.1 Å². The molecule has 1 amide bonds. The second-order valence-electron chi connectivity index (χ2n) is 11.2. The largest absolute Gasteiger partial charge is 0.348 e. The molecule has 0 aromatic heterocycles. The van der Waals surface area contributed by atoms with Crippen LogP contribution in [0, 0.1) is 11.7 Å². The standard InChI is InChI=1S/C35H30FNO2/c1-35(2)20-26(33(38)23-8-12-27(36)13-9-23)19-31-30-15-10-24-18-25(11-14-28(24)29(30)16-17-32(31)35)34(39)37-21-22-6-4-3-5-7-22/h3-9,11-19,26H,10,20-21H2,1-2H3,(H,37,39). The third kappa shape index (κ3) is 4.72. The van der Waals surface area contributed by atoms with Gasteiger partial charge >= 0.3 is 0 Å². The molecule has 0 saturated carbocycles. The van der Waals surface area contributed by atoms with Crippen molar-refractivity contribution in [1.82, 2.24) is 5.32 Å². The number of hydrogen-bond acceptors (Lipinski definition) is 2. The number of amides is 1. The highest BCUT2D eigenvalue weighted by Gasteiger charge is 2.34. The van der Waals surface area contributed by atoms with Crippen molar-refractivity contribution in [2.24, 2.45) is 5.92 Å². The maximum absolute atomic E-state index is 13.5. The molecule has 0 fully saturated rings. The maximum atomic E-state index is 13.5. The van der Waals surface area contributed by atoms with Gasteiger partial charge in [-0.15, -0.1) is 0 Å².